The maximum Gasteiger partial charge on any atom is 0.472 e. The molecule has 8 atom stereocenters. The predicted octanol–water partition coefficient (Wildman–Crippen LogP) is 9.73. The Labute approximate surface area is 379 Å². The van der Waals surface area contributed by atoms with E-state index in [1.807, 2.05) is 0 Å². The van der Waals surface area contributed by atoms with Crippen molar-refractivity contribution in [2.45, 2.75) is 224 Å². The van der Waals surface area contributed by atoms with Crippen molar-refractivity contribution in [3.63, 3.8) is 0 Å². The Hall–Kier alpha value is -2.45. The molecule has 0 spiro atoms. The number of ether oxygens (including phenoxy) is 2. The number of carbonyl (C=O) groups excluding carboxylic acids is 2. The minimum Gasteiger partial charge on any atom is -0.462 e. The third-order valence-electron chi connectivity index (χ3n) is 10.9. The highest BCUT2D eigenvalue weighted by Crippen LogP contribution is 2.47. The van der Waals surface area contributed by atoms with Gasteiger partial charge in [-0.25, -0.2) is 4.57 Å². The Morgan fingerprint density at radius 1 is 0.508 bits per heavy atom. The summed E-state index contributed by atoms with van der Waals surface area (Å²) in [7, 11) is -5.13. The predicted molar refractivity (Wildman–Crippen MR) is 249 cm³/mol. The lowest BCUT2D eigenvalue weighted by molar-refractivity contribution is -0.220. The molecule has 0 radical (unpaired) electrons. The van der Waals surface area contributed by atoms with Crippen LogP contribution in [0.5, 0.6) is 0 Å². The van der Waals surface area contributed by atoms with Crippen LogP contribution in [0.4, 0.5) is 0 Å². The molecule has 14 heteroatoms. The monoisotopic (exact) mass is 913 g/mol. The molecule has 1 rings (SSSR count). The van der Waals surface area contributed by atoms with Crippen LogP contribution in [-0.2, 0) is 32.7 Å². The zero-order valence-electron chi connectivity index (χ0n) is 38.6. The van der Waals surface area contributed by atoms with E-state index in [0.29, 0.717) is 12.8 Å². The van der Waals surface area contributed by atoms with E-state index in [1.54, 1.807) is 0 Å². The lowest BCUT2D eigenvalue weighted by Crippen LogP contribution is -2.64. The Bertz CT molecular complexity index is 1330. The molecule has 0 aliphatic heterocycles. The van der Waals surface area contributed by atoms with Crippen molar-refractivity contribution in [3.05, 3.63) is 60.8 Å². The number of hydrogen-bond donors (Lipinski definition) is 6. The van der Waals surface area contributed by atoms with Crippen LogP contribution in [0.2, 0.25) is 0 Å². The zero-order valence-corrected chi connectivity index (χ0v) is 39.5. The highest BCUT2D eigenvalue weighted by molar-refractivity contribution is 7.47. The number of rotatable bonds is 39. The highest BCUT2D eigenvalue weighted by Gasteiger charge is 2.51. The van der Waals surface area contributed by atoms with Crippen molar-refractivity contribution in [3.8, 4) is 0 Å². The number of allylic oxidation sites excluding steroid dienone is 10. The average molecular weight is 913 g/mol. The van der Waals surface area contributed by atoms with Crippen LogP contribution in [0.15, 0.2) is 60.8 Å². The lowest BCUT2D eigenvalue weighted by Gasteiger charge is -2.41. The number of esters is 2. The maximum absolute atomic E-state index is 12.8. The van der Waals surface area contributed by atoms with Gasteiger partial charge in [0.2, 0.25) is 0 Å². The molecule has 0 heterocycles. The molecular weight excluding hydrogens is 827 g/mol. The summed E-state index contributed by atoms with van der Waals surface area (Å²) in [5.74, 6) is -1.14. The molecule has 1 fully saturated rings. The summed E-state index contributed by atoms with van der Waals surface area (Å²) in [5.41, 5.74) is 0. The first-order chi connectivity index (χ1) is 30.4. The van der Waals surface area contributed by atoms with E-state index in [2.05, 4.69) is 74.6 Å². The first-order valence-electron chi connectivity index (χ1n) is 24.1. The number of phosphoric ester groups is 1. The molecule has 0 aromatic rings. The normalized spacial score (nSPS) is 22.2. The summed E-state index contributed by atoms with van der Waals surface area (Å²) in [6.45, 7) is 3.16. The van der Waals surface area contributed by atoms with Crippen LogP contribution >= 0.6 is 7.82 Å². The van der Waals surface area contributed by atoms with Crippen molar-refractivity contribution in [2.24, 2.45) is 0 Å². The Balaban J connectivity index is 2.46. The largest absolute Gasteiger partial charge is 0.472 e. The quantitative estimate of drug-likeness (QED) is 0.0147. The summed E-state index contributed by atoms with van der Waals surface area (Å²) in [5, 5.41) is 50.2. The van der Waals surface area contributed by atoms with E-state index in [-0.39, 0.29) is 12.8 Å². The minimum absolute atomic E-state index is 0.0897. The molecule has 1 aliphatic rings. The second kappa shape index (κ2) is 38.8. The van der Waals surface area contributed by atoms with Crippen molar-refractivity contribution < 1.29 is 63.1 Å². The molecule has 0 aromatic heterocycles. The Morgan fingerprint density at radius 2 is 0.905 bits per heavy atom. The molecule has 1 saturated carbocycles. The van der Waals surface area contributed by atoms with Crippen molar-refractivity contribution >= 4 is 19.8 Å². The molecule has 0 bridgehead atoms. The maximum atomic E-state index is 12.8. The molecule has 364 valence electrons. The van der Waals surface area contributed by atoms with Gasteiger partial charge in [-0.05, 0) is 57.8 Å². The van der Waals surface area contributed by atoms with Crippen LogP contribution in [0, 0.1) is 0 Å². The molecule has 0 saturated heterocycles. The van der Waals surface area contributed by atoms with Crippen molar-refractivity contribution in [1.82, 2.24) is 0 Å². The summed E-state index contributed by atoms with van der Waals surface area (Å²) < 4.78 is 33.5. The number of hydrogen-bond acceptors (Lipinski definition) is 12. The second-order valence-electron chi connectivity index (χ2n) is 16.6. The van der Waals surface area contributed by atoms with Gasteiger partial charge in [-0.1, -0.05) is 171 Å². The van der Waals surface area contributed by atoms with Crippen LogP contribution in [0.25, 0.3) is 0 Å². The second-order valence-corrected chi connectivity index (χ2v) is 18.0. The fraction of sp³-hybridized carbons (Fsp3) is 0.755. The van der Waals surface area contributed by atoms with Gasteiger partial charge in [0.15, 0.2) is 6.10 Å². The van der Waals surface area contributed by atoms with Gasteiger partial charge < -0.3 is 39.9 Å². The van der Waals surface area contributed by atoms with Crippen molar-refractivity contribution in [1.29, 1.82) is 0 Å². The van der Waals surface area contributed by atoms with Gasteiger partial charge in [0, 0.05) is 12.8 Å². The average Bonchev–Trinajstić information content (AvgIpc) is 3.26. The number of carbonyl (C=O) groups is 2. The Morgan fingerprint density at radius 3 is 1.38 bits per heavy atom. The van der Waals surface area contributed by atoms with E-state index < -0.39 is 75.7 Å². The third-order valence-corrected chi connectivity index (χ3v) is 11.9. The number of aliphatic hydroxyl groups excluding tert-OH is 5. The van der Waals surface area contributed by atoms with Crippen molar-refractivity contribution in [2.75, 3.05) is 13.2 Å². The van der Waals surface area contributed by atoms with E-state index in [0.717, 1.165) is 77.0 Å². The molecule has 6 unspecified atom stereocenters. The van der Waals surface area contributed by atoms with E-state index >= 15 is 0 Å². The van der Waals surface area contributed by atoms with Gasteiger partial charge in [0.1, 0.15) is 43.2 Å². The minimum atomic E-state index is -5.13. The van der Waals surface area contributed by atoms with E-state index in [9.17, 15) is 44.6 Å². The standard InChI is InChI=1S/C49H85O13P/c1-3-5-7-9-11-13-15-17-19-20-21-22-24-25-27-29-31-33-35-37-42(50)59-39-41(40-60-63(57,58)62-49-47(55)45(53)44(52)46(54)48(49)56)61-43(51)38-36-34-32-30-28-26-23-18-16-14-12-10-8-6-4-2/h5,7,11,13,17,19,21-22,25,27,41,44-49,52-56H,3-4,6,8-10,12,14-16,18,20,23-24,26,28-40H2,1-2H3,(H,57,58)/b7-5+,13-11+,19-17+,22-21+,27-25+/t41-,44?,45-,46?,47?,48?,49?/m0/s1. The smallest absolute Gasteiger partial charge is 0.462 e. The number of unbranched alkanes of at least 4 members (excludes halogenated alkanes) is 17. The van der Waals surface area contributed by atoms with E-state index in [1.165, 1.54) is 64.2 Å². The van der Waals surface area contributed by atoms with E-state index in [4.69, 9.17) is 18.5 Å². The summed E-state index contributed by atoms with van der Waals surface area (Å²) in [4.78, 5) is 35.7. The van der Waals surface area contributed by atoms with Gasteiger partial charge >= 0.3 is 19.8 Å². The van der Waals surface area contributed by atoms with Gasteiger partial charge in [0.05, 0.1) is 6.61 Å². The molecule has 0 amide bonds. The first kappa shape index (κ1) is 58.6. The highest BCUT2D eigenvalue weighted by atomic mass is 31.2. The fourth-order valence-corrected chi connectivity index (χ4v) is 7.99. The molecule has 0 aromatic carbocycles. The number of aliphatic hydroxyl groups is 5. The number of phosphoric acid groups is 1. The van der Waals surface area contributed by atoms with Crippen LogP contribution < -0.4 is 0 Å². The van der Waals surface area contributed by atoms with Crippen LogP contribution in [-0.4, -0.2) is 98.3 Å². The van der Waals surface area contributed by atoms with Gasteiger partial charge in [-0.15, -0.1) is 0 Å². The summed E-state index contributed by atoms with van der Waals surface area (Å²) >= 11 is 0. The summed E-state index contributed by atoms with van der Waals surface area (Å²) in [6.07, 6.45) is 34.1. The fourth-order valence-electron chi connectivity index (χ4n) is 7.02. The topological polar surface area (TPSA) is 210 Å². The lowest BCUT2D eigenvalue weighted by atomic mass is 9.85. The zero-order chi connectivity index (χ0) is 46.4. The molecule has 13 nitrogen and oxygen atoms in total. The summed E-state index contributed by atoms with van der Waals surface area (Å²) in [6, 6.07) is 0. The molecule has 6 N–H and O–H groups in total. The van der Waals surface area contributed by atoms with Gasteiger partial charge in [-0.2, -0.15) is 0 Å². The molecule has 63 heavy (non-hydrogen) atoms. The SMILES string of the molecule is CC/C=C/C/C=C/C/C=C/C/C=C/C/C=C/CCCCCC(=O)OC[C@@H](COP(=O)(O)OC1C(O)C(O)C(O)[C@H](O)C1O)OC(=O)CCCCCCCCCCCCCCCCC. The molecular formula is C49H85O13P. The van der Waals surface area contributed by atoms with Crippen LogP contribution in [0.1, 0.15) is 181 Å². The van der Waals surface area contributed by atoms with Crippen LogP contribution in [0.3, 0.4) is 0 Å². The third kappa shape index (κ3) is 31.2. The van der Waals surface area contributed by atoms with Gasteiger partial charge in [0.25, 0.3) is 0 Å². The Kier molecular flexibility index (Phi) is 36.1. The van der Waals surface area contributed by atoms with Gasteiger partial charge in [-0.3, -0.25) is 18.6 Å². The first-order valence-corrected chi connectivity index (χ1v) is 25.6. The molecule has 1 aliphatic carbocycles.